The number of anilines is 1. The van der Waals surface area contributed by atoms with E-state index in [0.717, 1.165) is 42.8 Å². The molecule has 1 fully saturated rings. The molecule has 0 saturated carbocycles. The average molecular weight is 320 g/mol. The molecule has 1 aromatic heterocycles. The van der Waals surface area contributed by atoms with Crippen LogP contribution in [-0.4, -0.2) is 30.8 Å². The Bertz CT molecular complexity index is 383. The van der Waals surface area contributed by atoms with E-state index in [-0.39, 0.29) is 0 Å². The molecular formula is C12H16BrClN2O. The van der Waals surface area contributed by atoms with Crippen molar-refractivity contribution in [3.8, 4) is 0 Å². The number of hydrogen-bond acceptors (Lipinski definition) is 3. The molecule has 3 nitrogen and oxygen atoms in total. The standard InChI is InChI=1S/C12H16BrClN2O/c1-2-16(8-10-4-3-5-17-10)12-11(14)6-9(13)7-15-12/h6-7,10H,2-5,8H2,1H3. The maximum Gasteiger partial charge on any atom is 0.147 e. The zero-order valence-electron chi connectivity index (χ0n) is 9.83. The van der Waals surface area contributed by atoms with E-state index in [2.05, 4.69) is 32.7 Å². The van der Waals surface area contributed by atoms with Crippen molar-refractivity contribution in [2.24, 2.45) is 0 Å². The Morgan fingerprint density at radius 2 is 2.47 bits per heavy atom. The second-order valence-corrected chi connectivity index (χ2v) is 5.46. The lowest BCUT2D eigenvalue weighted by molar-refractivity contribution is 0.115. The number of pyridine rings is 1. The first-order chi connectivity index (χ1) is 8.20. The quantitative estimate of drug-likeness (QED) is 0.849. The number of likely N-dealkylation sites (N-methyl/N-ethyl adjacent to an activating group) is 1. The van der Waals surface area contributed by atoms with Crippen LogP contribution in [0, 0.1) is 0 Å². The summed E-state index contributed by atoms with van der Waals surface area (Å²) in [6, 6.07) is 1.88. The van der Waals surface area contributed by atoms with E-state index >= 15 is 0 Å². The highest BCUT2D eigenvalue weighted by molar-refractivity contribution is 9.10. The minimum atomic E-state index is 0.316. The van der Waals surface area contributed by atoms with E-state index in [9.17, 15) is 0 Å². The number of ether oxygens (including phenoxy) is 1. The fourth-order valence-electron chi connectivity index (χ4n) is 2.04. The van der Waals surface area contributed by atoms with Crippen molar-refractivity contribution in [1.82, 2.24) is 4.98 Å². The van der Waals surface area contributed by atoms with E-state index in [4.69, 9.17) is 16.3 Å². The van der Waals surface area contributed by atoms with Gasteiger partial charge in [-0.1, -0.05) is 11.6 Å². The summed E-state index contributed by atoms with van der Waals surface area (Å²) in [5.74, 6) is 0.841. The summed E-state index contributed by atoms with van der Waals surface area (Å²) in [5.41, 5.74) is 0. The van der Waals surface area contributed by atoms with Crippen LogP contribution < -0.4 is 4.90 Å². The van der Waals surface area contributed by atoms with Gasteiger partial charge >= 0.3 is 0 Å². The molecule has 2 heterocycles. The minimum Gasteiger partial charge on any atom is -0.376 e. The van der Waals surface area contributed by atoms with Gasteiger partial charge in [0.2, 0.25) is 0 Å². The molecule has 1 unspecified atom stereocenters. The molecule has 0 radical (unpaired) electrons. The van der Waals surface area contributed by atoms with Gasteiger partial charge in [0.25, 0.3) is 0 Å². The highest BCUT2D eigenvalue weighted by Gasteiger charge is 2.20. The van der Waals surface area contributed by atoms with Gasteiger partial charge in [-0.15, -0.1) is 0 Å². The predicted octanol–water partition coefficient (Wildman–Crippen LogP) is 3.50. The van der Waals surface area contributed by atoms with Crippen molar-refractivity contribution in [3.05, 3.63) is 21.8 Å². The van der Waals surface area contributed by atoms with Crippen LogP contribution in [0.1, 0.15) is 19.8 Å². The molecule has 0 spiro atoms. The Morgan fingerprint density at radius 3 is 3.06 bits per heavy atom. The third-order valence-electron chi connectivity index (χ3n) is 2.92. The fraction of sp³-hybridized carbons (Fsp3) is 0.583. The molecule has 1 aliphatic rings. The molecule has 0 amide bonds. The second-order valence-electron chi connectivity index (χ2n) is 4.13. The Hall–Kier alpha value is -0.320. The summed E-state index contributed by atoms with van der Waals surface area (Å²) >= 11 is 9.58. The second kappa shape index (κ2) is 6.03. The summed E-state index contributed by atoms with van der Waals surface area (Å²) in [5, 5.41) is 0.680. The molecule has 0 aromatic carbocycles. The van der Waals surface area contributed by atoms with Gasteiger partial charge in [0.05, 0.1) is 11.1 Å². The average Bonchev–Trinajstić information content (AvgIpc) is 2.79. The molecular weight excluding hydrogens is 304 g/mol. The normalized spacial score (nSPS) is 19.6. The van der Waals surface area contributed by atoms with E-state index in [1.807, 2.05) is 6.07 Å². The first-order valence-electron chi connectivity index (χ1n) is 5.88. The first kappa shape index (κ1) is 13.1. The molecule has 1 aliphatic heterocycles. The van der Waals surface area contributed by atoms with Crippen LogP contribution in [0.3, 0.4) is 0 Å². The zero-order chi connectivity index (χ0) is 12.3. The predicted molar refractivity (Wildman–Crippen MR) is 73.8 cm³/mol. The van der Waals surface area contributed by atoms with Gasteiger partial charge in [0, 0.05) is 30.4 Å². The highest BCUT2D eigenvalue weighted by Crippen LogP contribution is 2.27. The van der Waals surface area contributed by atoms with Crippen molar-refractivity contribution in [2.45, 2.75) is 25.9 Å². The minimum absolute atomic E-state index is 0.316. The molecule has 0 N–H and O–H groups in total. The Labute approximate surface area is 115 Å². The van der Waals surface area contributed by atoms with Gasteiger partial charge in [0.1, 0.15) is 5.82 Å². The molecule has 5 heteroatoms. The van der Waals surface area contributed by atoms with Gasteiger partial charge in [-0.3, -0.25) is 0 Å². The monoisotopic (exact) mass is 318 g/mol. The molecule has 1 saturated heterocycles. The van der Waals surface area contributed by atoms with E-state index in [1.165, 1.54) is 0 Å². The lowest BCUT2D eigenvalue weighted by atomic mass is 10.2. The smallest absolute Gasteiger partial charge is 0.147 e. The number of rotatable bonds is 4. The molecule has 1 aromatic rings. The van der Waals surface area contributed by atoms with Crippen molar-refractivity contribution in [1.29, 1.82) is 0 Å². The number of aromatic nitrogens is 1. The number of halogens is 2. The van der Waals surface area contributed by atoms with Crippen molar-refractivity contribution >= 4 is 33.3 Å². The molecule has 0 bridgehead atoms. The zero-order valence-corrected chi connectivity index (χ0v) is 12.2. The van der Waals surface area contributed by atoms with Crippen LogP contribution in [0.2, 0.25) is 5.02 Å². The summed E-state index contributed by atoms with van der Waals surface area (Å²) in [6.07, 6.45) is 4.38. The Kier molecular flexibility index (Phi) is 4.65. The van der Waals surface area contributed by atoms with Crippen LogP contribution in [0.15, 0.2) is 16.7 Å². The summed E-state index contributed by atoms with van der Waals surface area (Å²) in [6.45, 7) is 4.73. The van der Waals surface area contributed by atoms with Crippen LogP contribution in [0.25, 0.3) is 0 Å². The molecule has 1 atom stereocenters. The number of hydrogen-bond donors (Lipinski definition) is 0. The summed E-state index contributed by atoms with van der Waals surface area (Å²) < 4.78 is 6.55. The molecule has 2 rings (SSSR count). The SMILES string of the molecule is CCN(CC1CCCO1)c1ncc(Br)cc1Cl. The molecule has 94 valence electrons. The van der Waals surface area contributed by atoms with Crippen LogP contribution in [-0.2, 0) is 4.74 Å². The van der Waals surface area contributed by atoms with Gasteiger partial charge in [-0.2, -0.15) is 0 Å². The van der Waals surface area contributed by atoms with Crippen LogP contribution >= 0.6 is 27.5 Å². The van der Waals surface area contributed by atoms with Crippen molar-refractivity contribution < 1.29 is 4.74 Å². The highest BCUT2D eigenvalue weighted by atomic mass is 79.9. The van der Waals surface area contributed by atoms with E-state index < -0.39 is 0 Å². The maximum absolute atomic E-state index is 6.21. The molecule has 0 aliphatic carbocycles. The Morgan fingerprint density at radius 1 is 1.65 bits per heavy atom. The first-order valence-corrected chi connectivity index (χ1v) is 7.05. The van der Waals surface area contributed by atoms with Gasteiger partial charge < -0.3 is 9.64 Å². The van der Waals surface area contributed by atoms with Gasteiger partial charge in [-0.25, -0.2) is 4.98 Å². The summed E-state index contributed by atoms with van der Waals surface area (Å²) in [4.78, 5) is 6.55. The summed E-state index contributed by atoms with van der Waals surface area (Å²) in [7, 11) is 0. The van der Waals surface area contributed by atoms with Crippen molar-refractivity contribution in [2.75, 3.05) is 24.6 Å². The Balaban J connectivity index is 2.10. The fourth-order valence-corrected chi connectivity index (χ4v) is 2.79. The lowest BCUT2D eigenvalue weighted by Gasteiger charge is -2.25. The third kappa shape index (κ3) is 3.33. The third-order valence-corrected chi connectivity index (χ3v) is 3.63. The van der Waals surface area contributed by atoms with Gasteiger partial charge in [-0.05, 0) is 41.8 Å². The van der Waals surface area contributed by atoms with Gasteiger partial charge in [0.15, 0.2) is 0 Å². The topological polar surface area (TPSA) is 25.4 Å². The van der Waals surface area contributed by atoms with Crippen molar-refractivity contribution in [3.63, 3.8) is 0 Å². The lowest BCUT2D eigenvalue weighted by Crippen LogP contribution is -2.32. The van der Waals surface area contributed by atoms with Crippen LogP contribution in [0.4, 0.5) is 5.82 Å². The van der Waals surface area contributed by atoms with E-state index in [0.29, 0.717) is 11.1 Å². The maximum atomic E-state index is 6.21. The molecule has 17 heavy (non-hydrogen) atoms. The number of nitrogens with zero attached hydrogens (tertiary/aromatic N) is 2. The largest absolute Gasteiger partial charge is 0.376 e. The van der Waals surface area contributed by atoms with E-state index in [1.54, 1.807) is 6.20 Å². The van der Waals surface area contributed by atoms with Crippen LogP contribution in [0.5, 0.6) is 0 Å².